The van der Waals surface area contributed by atoms with Gasteiger partial charge in [-0.3, -0.25) is 0 Å². The summed E-state index contributed by atoms with van der Waals surface area (Å²) < 4.78 is 8.77. The molecule has 4 aromatic rings. The van der Waals surface area contributed by atoms with Gasteiger partial charge >= 0.3 is 0 Å². The van der Waals surface area contributed by atoms with E-state index in [1.165, 1.54) is 11.3 Å². The molecule has 1 saturated heterocycles. The standard InChI is InChI=1S/C32H42N6O2Si/c1-32(2,3)41(4,5)40-23-22-36-16-15-27-29(36)33-31(34-30(27)38-17-14-24-8-6-7-9-28(24)38)37-20-18-35(19-21-37)25-10-12-26(39)13-11-25/h6-13,15-16,39H,14,17-23H2,1-5H3. The maximum absolute atomic E-state index is 9.69. The Bertz CT molecular complexity index is 1520. The van der Waals surface area contributed by atoms with Crippen molar-refractivity contribution in [2.75, 3.05) is 54.0 Å². The molecule has 4 heterocycles. The van der Waals surface area contributed by atoms with Crippen LogP contribution in [0.3, 0.4) is 0 Å². The maximum Gasteiger partial charge on any atom is 0.229 e. The molecule has 0 spiro atoms. The van der Waals surface area contributed by atoms with E-state index in [1.54, 1.807) is 12.1 Å². The van der Waals surface area contributed by atoms with Gasteiger partial charge in [-0.1, -0.05) is 39.0 Å². The highest BCUT2D eigenvalue weighted by molar-refractivity contribution is 6.74. The topological polar surface area (TPSA) is 69.9 Å². The van der Waals surface area contributed by atoms with Crippen molar-refractivity contribution >= 4 is 42.5 Å². The minimum absolute atomic E-state index is 0.180. The summed E-state index contributed by atoms with van der Waals surface area (Å²) in [6.07, 6.45) is 3.16. The van der Waals surface area contributed by atoms with Crippen molar-refractivity contribution in [3.63, 3.8) is 0 Å². The number of aromatic hydroxyl groups is 1. The summed E-state index contributed by atoms with van der Waals surface area (Å²) >= 11 is 0. The predicted molar refractivity (Wildman–Crippen MR) is 170 cm³/mol. The molecule has 0 unspecified atom stereocenters. The molecule has 0 bridgehead atoms. The number of fused-ring (bicyclic) bond motifs is 2. The lowest BCUT2D eigenvalue weighted by Gasteiger charge is -2.36. The van der Waals surface area contributed by atoms with Crippen molar-refractivity contribution in [2.45, 2.75) is 51.9 Å². The summed E-state index contributed by atoms with van der Waals surface area (Å²) in [5.74, 6) is 2.07. The van der Waals surface area contributed by atoms with Gasteiger partial charge in [-0.25, -0.2) is 0 Å². The summed E-state index contributed by atoms with van der Waals surface area (Å²) in [7, 11) is -1.83. The molecular weight excluding hydrogens is 528 g/mol. The highest BCUT2D eigenvalue weighted by Gasteiger charge is 2.37. The number of anilines is 4. The average molecular weight is 571 g/mol. The molecule has 2 aromatic carbocycles. The first-order chi connectivity index (χ1) is 19.6. The van der Waals surface area contributed by atoms with E-state index in [9.17, 15) is 5.11 Å². The van der Waals surface area contributed by atoms with Crippen LogP contribution in [0.25, 0.3) is 11.0 Å². The number of rotatable bonds is 7. The Morgan fingerprint density at radius 3 is 2.32 bits per heavy atom. The molecule has 41 heavy (non-hydrogen) atoms. The van der Waals surface area contributed by atoms with Crippen LogP contribution in [0.15, 0.2) is 60.8 Å². The van der Waals surface area contributed by atoms with Gasteiger partial charge in [0.15, 0.2) is 8.32 Å². The van der Waals surface area contributed by atoms with E-state index in [-0.39, 0.29) is 5.04 Å². The molecule has 8 nitrogen and oxygen atoms in total. The van der Waals surface area contributed by atoms with E-state index in [2.05, 4.69) is 89.7 Å². The number of hydrogen-bond donors (Lipinski definition) is 1. The third kappa shape index (κ3) is 5.40. The zero-order chi connectivity index (χ0) is 28.8. The number of hydrogen-bond acceptors (Lipinski definition) is 7. The van der Waals surface area contributed by atoms with Gasteiger partial charge in [-0.2, -0.15) is 9.97 Å². The normalized spacial score (nSPS) is 16.1. The number of phenolic OH excluding ortho intramolecular Hbond substituents is 1. The van der Waals surface area contributed by atoms with Gasteiger partial charge in [0, 0.05) is 56.8 Å². The summed E-state index contributed by atoms with van der Waals surface area (Å²) in [5, 5.41) is 11.0. The summed E-state index contributed by atoms with van der Waals surface area (Å²) in [4.78, 5) is 17.4. The molecule has 1 fully saturated rings. The highest BCUT2D eigenvalue weighted by atomic mass is 28.4. The second-order valence-corrected chi connectivity index (χ2v) is 17.5. The van der Waals surface area contributed by atoms with Gasteiger partial charge in [-0.15, -0.1) is 0 Å². The lowest BCUT2D eigenvalue weighted by molar-refractivity contribution is 0.273. The van der Waals surface area contributed by atoms with E-state index in [0.717, 1.165) is 74.2 Å². The quantitative estimate of drug-likeness (QED) is 0.266. The van der Waals surface area contributed by atoms with Crippen LogP contribution in [0, 0.1) is 0 Å². The van der Waals surface area contributed by atoms with E-state index < -0.39 is 8.32 Å². The molecule has 0 radical (unpaired) electrons. The number of aromatic nitrogens is 3. The summed E-state index contributed by atoms with van der Waals surface area (Å²) in [6.45, 7) is 17.2. The molecule has 0 atom stereocenters. The molecule has 2 aliphatic rings. The molecule has 2 aromatic heterocycles. The molecule has 216 valence electrons. The fraction of sp³-hybridized carbons (Fsp3) is 0.438. The van der Waals surface area contributed by atoms with Gasteiger partial charge in [0.2, 0.25) is 5.95 Å². The molecule has 9 heteroatoms. The summed E-state index contributed by atoms with van der Waals surface area (Å²) in [5.41, 5.74) is 4.70. The lowest BCUT2D eigenvalue weighted by Crippen LogP contribution is -2.47. The monoisotopic (exact) mass is 570 g/mol. The number of nitrogens with zero attached hydrogens (tertiary/aromatic N) is 6. The Hall–Kier alpha value is -3.56. The average Bonchev–Trinajstić information content (AvgIpc) is 3.57. The van der Waals surface area contributed by atoms with Crippen LogP contribution >= 0.6 is 0 Å². The summed E-state index contributed by atoms with van der Waals surface area (Å²) in [6, 6.07) is 18.3. The zero-order valence-corrected chi connectivity index (χ0v) is 26.0. The third-order valence-electron chi connectivity index (χ3n) is 9.11. The third-order valence-corrected chi connectivity index (χ3v) is 13.6. The van der Waals surface area contributed by atoms with Gasteiger partial charge in [0.25, 0.3) is 0 Å². The second-order valence-electron chi connectivity index (χ2n) is 12.7. The first-order valence-corrected chi connectivity index (χ1v) is 17.7. The van der Waals surface area contributed by atoms with Crippen molar-refractivity contribution in [1.82, 2.24) is 14.5 Å². The van der Waals surface area contributed by atoms with E-state index in [0.29, 0.717) is 12.4 Å². The predicted octanol–water partition coefficient (Wildman–Crippen LogP) is 6.18. The highest BCUT2D eigenvalue weighted by Crippen LogP contribution is 2.39. The van der Waals surface area contributed by atoms with E-state index >= 15 is 0 Å². The first-order valence-electron chi connectivity index (χ1n) is 14.8. The van der Waals surface area contributed by atoms with Crippen LogP contribution in [-0.4, -0.2) is 67.3 Å². The maximum atomic E-state index is 9.69. The second kappa shape index (κ2) is 10.7. The molecule has 0 saturated carbocycles. The SMILES string of the molecule is CC(C)(C)[Si](C)(C)OCCn1ccc2c(N3CCc4ccccc43)nc(N3CCN(c4ccc(O)cc4)CC3)nc21. The van der Waals surface area contributed by atoms with Crippen molar-refractivity contribution < 1.29 is 9.53 Å². The van der Waals surface area contributed by atoms with Gasteiger partial charge < -0.3 is 28.8 Å². The Labute approximate surface area is 244 Å². The molecule has 2 aliphatic heterocycles. The Kier molecular flexibility index (Phi) is 7.19. The molecule has 6 rings (SSSR count). The number of para-hydroxylation sites is 1. The Morgan fingerprint density at radius 2 is 1.59 bits per heavy atom. The van der Waals surface area contributed by atoms with Gasteiger partial charge in [0.1, 0.15) is 17.2 Å². The van der Waals surface area contributed by atoms with Crippen molar-refractivity contribution in [3.05, 3.63) is 66.4 Å². The molecule has 1 N–H and O–H groups in total. The van der Waals surface area contributed by atoms with Crippen LogP contribution in [0.5, 0.6) is 5.75 Å². The lowest BCUT2D eigenvalue weighted by atomic mass is 10.2. The largest absolute Gasteiger partial charge is 0.508 e. The zero-order valence-electron chi connectivity index (χ0n) is 25.0. The fourth-order valence-electron chi connectivity index (χ4n) is 5.57. The number of piperazine rings is 1. The van der Waals surface area contributed by atoms with Crippen molar-refractivity contribution in [1.29, 1.82) is 0 Å². The number of phenols is 1. The van der Waals surface area contributed by atoms with Gasteiger partial charge in [0.05, 0.1) is 12.0 Å². The minimum atomic E-state index is -1.83. The fourth-order valence-corrected chi connectivity index (χ4v) is 6.60. The van der Waals surface area contributed by atoms with Crippen molar-refractivity contribution in [3.8, 4) is 5.75 Å². The van der Waals surface area contributed by atoms with E-state index in [1.807, 2.05) is 12.1 Å². The molecule has 0 amide bonds. The van der Waals surface area contributed by atoms with Crippen LogP contribution in [0.1, 0.15) is 26.3 Å². The van der Waals surface area contributed by atoms with Crippen LogP contribution in [0.4, 0.5) is 23.1 Å². The Morgan fingerprint density at radius 1 is 0.878 bits per heavy atom. The van der Waals surface area contributed by atoms with Gasteiger partial charge in [-0.05, 0) is 66.5 Å². The van der Waals surface area contributed by atoms with Crippen molar-refractivity contribution in [2.24, 2.45) is 0 Å². The smallest absolute Gasteiger partial charge is 0.229 e. The first kappa shape index (κ1) is 27.6. The number of benzene rings is 2. The molecular formula is C32H42N6O2Si. The Balaban J connectivity index is 1.30. The van der Waals surface area contributed by atoms with Crippen LogP contribution in [-0.2, 0) is 17.4 Å². The van der Waals surface area contributed by atoms with Crippen LogP contribution < -0.4 is 14.7 Å². The van der Waals surface area contributed by atoms with Crippen LogP contribution in [0.2, 0.25) is 18.1 Å². The molecule has 0 aliphatic carbocycles. The van der Waals surface area contributed by atoms with E-state index in [4.69, 9.17) is 14.4 Å². The minimum Gasteiger partial charge on any atom is -0.508 e.